The summed E-state index contributed by atoms with van der Waals surface area (Å²) in [6.45, 7) is 0. The lowest BCUT2D eigenvalue weighted by Crippen LogP contribution is -1.85. The second-order valence-electron chi connectivity index (χ2n) is 3.98. The summed E-state index contributed by atoms with van der Waals surface area (Å²) in [4.78, 5) is 0. The Morgan fingerprint density at radius 1 is 1.00 bits per heavy atom. The molecule has 0 N–H and O–H groups in total. The van der Waals surface area contributed by atoms with E-state index in [2.05, 4.69) is 42.5 Å². The van der Waals surface area contributed by atoms with Gasteiger partial charge in [-0.2, -0.15) is 18.2 Å². The average molecular weight is 181 g/mol. The second-order valence-corrected chi connectivity index (χ2v) is 3.98. The van der Waals surface area contributed by atoms with Gasteiger partial charge in [0.05, 0.1) is 0 Å². The largest absolute Gasteiger partial charge is 0.176 e. The van der Waals surface area contributed by atoms with E-state index in [-0.39, 0.29) is 0 Å². The van der Waals surface area contributed by atoms with Crippen LogP contribution in [0.15, 0.2) is 42.5 Å². The van der Waals surface area contributed by atoms with Crippen LogP contribution in [0.5, 0.6) is 0 Å². The molecule has 2 aromatic rings. The van der Waals surface area contributed by atoms with E-state index in [1.165, 1.54) is 41.5 Å². The molecule has 2 aromatic carbocycles. The summed E-state index contributed by atoms with van der Waals surface area (Å²) in [5.74, 6) is 0. The average Bonchev–Trinajstić information content (AvgIpc) is 2.61. The first kappa shape index (κ1) is 7.93. The maximum atomic E-state index is 2.26. The first-order chi connectivity index (χ1) is 6.95. The Balaban J connectivity index is 2.27. The van der Waals surface area contributed by atoms with Gasteiger partial charge in [-0.3, -0.25) is 0 Å². The number of fused-ring (bicyclic) bond motifs is 3. The highest BCUT2D eigenvalue weighted by Gasteiger charge is 2.06. The van der Waals surface area contributed by atoms with E-state index < -0.39 is 0 Å². The lowest BCUT2D eigenvalue weighted by molar-refractivity contribution is 0.836. The van der Waals surface area contributed by atoms with E-state index in [4.69, 9.17) is 0 Å². The quantitative estimate of drug-likeness (QED) is 0.545. The predicted molar refractivity (Wildman–Crippen MR) is 59.5 cm³/mol. The van der Waals surface area contributed by atoms with E-state index in [9.17, 15) is 0 Å². The van der Waals surface area contributed by atoms with Crippen molar-refractivity contribution in [3.63, 3.8) is 0 Å². The molecule has 0 radical (unpaired) electrons. The van der Waals surface area contributed by atoms with Crippen LogP contribution in [0.4, 0.5) is 0 Å². The van der Waals surface area contributed by atoms with Gasteiger partial charge in [0.15, 0.2) is 0 Å². The molecule has 1 aliphatic carbocycles. The van der Waals surface area contributed by atoms with Crippen LogP contribution in [0.1, 0.15) is 17.5 Å². The fraction of sp³-hybridized carbons (Fsp3) is 0.214. The van der Waals surface area contributed by atoms with E-state index in [1.807, 2.05) is 0 Å². The van der Waals surface area contributed by atoms with E-state index in [1.54, 1.807) is 0 Å². The Morgan fingerprint density at radius 2 is 1.93 bits per heavy atom. The van der Waals surface area contributed by atoms with Crippen LogP contribution in [0.25, 0.3) is 11.1 Å². The molecular formula is C14H13-. The standard InChI is InChI=1S/C14H13/c1-2-9-13-11(5-1)6-3-7-12-8-4-10-14(12)13/h1-2,4-5,8-10H,3,6-7H2/q-1. The van der Waals surface area contributed by atoms with Crippen LogP contribution in [-0.2, 0) is 12.8 Å². The summed E-state index contributed by atoms with van der Waals surface area (Å²) in [5.41, 5.74) is 5.94. The highest BCUT2D eigenvalue weighted by molar-refractivity contribution is 5.72. The van der Waals surface area contributed by atoms with Gasteiger partial charge in [-0.1, -0.05) is 48.2 Å². The normalized spacial score (nSPS) is 14.3. The van der Waals surface area contributed by atoms with Crippen LogP contribution in [0.3, 0.4) is 0 Å². The van der Waals surface area contributed by atoms with Crippen molar-refractivity contribution in [2.75, 3.05) is 0 Å². The molecule has 0 nitrogen and oxygen atoms in total. The van der Waals surface area contributed by atoms with Gasteiger partial charge < -0.3 is 0 Å². The van der Waals surface area contributed by atoms with Crippen molar-refractivity contribution in [1.29, 1.82) is 0 Å². The molecule has 0 heteroatoms. The molecule has 0 saturated carbocycles. The second kappa shape index (κ2) is 3.06. The van der Waals surface area contributed by atoms with Gasteiger partial charge in [0, 0.05) is 0 Å². The molecule has 14 heavy (non-hydrogen) atoms. The fourth-order valence-corrected chi connectivity index (χ4v) is 2.41. The Hall–Kier alpha value is -1.43. The van der Waals surface area contributed by atoms with Gasteiger partial charge >= 0.3 is 0 Å². The van der Waals surface area contributed by atoms with Crippen molar-refractivity contribution in [3.05, 3.63) is 53.6 Å². The Kier molecular flexibility index (Phi) is 1.73. The number of hydrogen-bond acceptors (Lipinski definition) is 0. The minimum atomic E-state index is 1.23. The van der Waals surface area contributed by atoms with Crippen molar-refractivity contribution in [2.45, 2.75) is 19.3 Å². The summed E-state index contributed by atoms with van der Waals surface area (Å²) >= 11 is 0. The highest BCUT2D eigenvalue weighted by atomic mass is 14.2. The van der Waals surface area contributed by atoms with Gasteiger partial charge in [0.1, 0.15) is 0 Å². The molecule has 0 saturated heterocycles. The molecule has 1 aliphatic rings. The zero-order chi connectivity index (χ0) is 9.38. The molecule has 0 amide bonds. The molecule has 0 spiro atoms. The molecule has 0 heterocycles. The fourth-order valence-electron chi connectivity index (χ4n) is 2.41. The number of aryl methyl sites for hydroxylation is 2. The van der Waals surface area contributed by atoms with E-state index >= 15 is 0 Å². The Labute approximate surface area is 84.6 Å². The predicted octanol–water partition coefficient (Wildman–Crippen LogP) is 3.56. The zero-order valence-electron chi connectivity index (χ0n) is 8.16. The summed E-state index contributed by atoms with van der Waals surface area (Å²) in [6.07, 6.45) is 3.75. The lowest BCUT2D eigenvalue weighted by Gasteiger charge is -2.11. The molecule has 0 unspecified atom stereocenters. The summed E-state index contributed by atoms with van der Waals surface area (Å²) in [7, 11) is 0. The summed E-state index contributed by atoms with van der Waals surface area (Å²) < 4.78 is 0. The van der Waals surface area contributed by atoms with Gasteiger partial charge in [0.2, 0.25) is 0 Å². The minimum Gasteiger partial charge on any atom is -0.176 e. The first-order valence-electron chi connectivity index (χ1n) is 5.28. The topological polar surface area (TPSA) is 0 Å². The van der Waals surface area contributed by atoms with Crippen LogP contribution in [0, 0.1) is 0 Å². The third-order valence-corrected chi connectivity index (χ3v) is 3.11. The Morgan fingerprint density at radius 3 is 2.93 bits per heavy atom. The monoisotopic (exact) mass is 181 g/mol. The zero-order valence-corrected chi connectivity index (χ0v) is 8.16. The van der Waals surface area contributed by atoms with Crippen molar-refractivity contribution in [1.82, 2.24) is 0 Å². The van der Waals surface area contributed by atoms with Crippen molar-refractivity contribution in [2.24, 2.45) is 0 Å². The maximum Gasteiger partial charge on any atom is -0.0365 e. The SMILES string of the molecule is c1ccc2c(c1)CCC[c-]1cccc1-2. The molecule has 3 rings (SSSR count). The highest BCUT2D eigenvalue weighted by Crippen LogP contribution is 2.32. The third-order valence-electron chi connectivity index (χ3n) is 3.11. The van der Waals surface area contributed by atoms with Crippen molar-refractivity contribution in [3.8, 4) is 11.1 Å². The molecule has 0 atom stereocenters. The van der Waals surface area contributed by atoms with Gasteiger partial charge in [-0.15, -0.1) is 11.1 Å². The molecular weight excluding hydrogens is 168 g/mol. The number of hydrogen-bond donors (Lipinski definition) is 0. The van der Waals surface area contributed by atoms with E-state index in [0.717, 1.165) is 0 Å². The Bertz CT molecular complexity index is 449. The minimum absolute atomic E-state index is 1.23. The summed E-state index contributed by atoms with van der Waals surface area (Å²) in [5, 5.41) is 0. The molecule has 0 fully saturated rings. The van der Waals surface area contributed by atoms with Crippen LogP contribution in [0.2, 0.25) is 0 Å². The molecule has 0 bridgehead atoms. The first-order valence-corrected chi connectivity index (χ1v) is 5.28. The van der Waals surface area contributed by atoms with E-state index in [0.29, 0.717) is 0 Å². The smallest absolute Gasteiger partial charge is 0.0365 e. The maximum absolute atomic E-state index is 2.26. The molecule has 0 aromatic heterocycles. The third kappa shape index (κ3) is 1.11. The van der Waals surface area contributed by atoms with Gasteiger partial charge in [0.25, 0.3) is 0 Å². The van der Waals surface area contributed by atoms with Crippen LogP contribution in [-0.4, -0.2) is 0 Å². The van der Waals surface area contributed by atoms with Crippen molar-refractivity contribution < 1.29 is 0 Å². The number of benzene rings is 1. The molecule has 70 valence electrons. The van der Waals surface area contributed by atoms with Gasteiger partial charge in [-0.05, 0) is 6.42 Å². The van der Waals surface area contributed by atoms with Crippen LogP contribution < -0.4 is 0 Å². The van der Waals surface area contributed by atoms with Gasteiger partial charge in [-0.25, -0.2) is 0 Å². The molecule has 0 aliphatic heterocycles. The van der Waals surface area contributed by atoms with Crippen LogP contribution >= 0.6 is 0 Å². The number of rotatable bonds is 0. The lowest BCUT2D eigenvalue weighted by atomic mass is 10.0. The van der Waals surface area contributed by atoms with Crippen molar-refractivity contribution >= 4 is 0 Å². The summed E-state index contributed by atoms with van der Waals surface area (Å²) in [6, 6.07) is 15.5.